The predicted molar refractivity (Wildman–Crippen MR) is 55.3 cm³/mol. The molecule has 0 N–H and O–H groups in total. The zero-order valence-corrected chi connectivity index (χ0v) is 9.08. The molecule has 0 aliphatic rings. The van der Waals surface area contributed by atoms with Gasteiger partial charge in [0.1, 0.15) is 6.07 Å². The Hall–Kier alpha value is -0.460. The molecule has 0 spiro atoms. The second kappa shape index (κ2) is 4.54. The summed E-state index contributed by atoms with van der Waals surface area (Å²) < 4.78 is 1.01. The molecule has 0 saturated heterocycles. The number of halogens is 1. The van der Waals surface area contributed by atoms with E-state index in [0.29, 0.717) is 0 Å². The van der Waals surface area contributed by atoms with E-state index < -0.39 is 0 Å². The zero-order valence-electron chi connectivity index (χ0n) is 6.67. The standard InChI is InChI=1S/C9H8BrNS/c1-2-12-9-7(6-11)4-3-5-8(9)10/h3-5H,2H2,1H3. The number of nitrogens with zero attached hydrogens (tertiary/aromatic N) is 1. The summed E-state index contributed by atoms with van der Waals surface area (Å²) in [6.45, 7) is 2.07. The number of rotatable bonds is 2. The van der Waals surface area contributed by atoms with Gasteiger partial charge in [0.05, 0.1) is 5.56 Å². The first-order valence-electron chi connectivity index (χ1n) is 3.61. The quantitative estimate of drug-likeness (QED) is 0.742. The highest BCUT2D eigenvalue weighted by Crippen LogP contribution is 2.30. The van der Waals surface area contributed by atoms with Crippen molar-refractivity contribution in [2.45, 2.75) is 11.8 Å². The number of thioether (sulfide) groups is 1. The lowest BCUT2D eigenvalue weighted by atomic mass is 10.2. The van der Waals surface area contributed by atoms with Crippen LogP contribution in [0.15, 0.2) is 27.6 Å². The second-order valence-electron chi connectivity index (χ2n) is 2.16. The third-order valence-electron chi connectivity index (χ3n) is 1.38. The van der Waals surface area contributed by atoms with Crippen molar-refractivity contribution in [2.24, 2.45) is 0 Å². The van der Waals surface area contributed by atoms with Crippen LogP contribution in [0.4, 0.5) is 0 Å². The van der Waals surface area contributed by atoms with Crippen LogP contribution in [0.25, 0.3) is 0 Å². The number of hydrogen-bond acceptors (Lipinski definition) is 2. The van der Waals surface area contributed by atoms with E-state index in [0.717, 1.165) is 20.7 Å². The van der Waals surface area contributed by atoms with Gasteiger partial charge in [-0.3, -0.25) is 0 Å². The highest BCUT2D eigenvalue weighted by atomic mass is 79.9. The second-order valence-corrected chi connectivity index (χ2v) is 4.29. The van der Waals surface area contributed by atoms with Crippen LogP contribution >= 0.6 is 27.7 Å². The van der Waals surface area contributed by atoms with Gasteiger partial charge < -0.3 is 0 Å². The molecular formula is C9H8BrNS. The Morgan fingerprint density at radius 1 is 1.58 bits per heavy atom. The van der Waals surface area contributed by atoms with Crippen molar-refractivity contribution in [3.05, 3.63) is 28.2 Å². The van der Waals surface area contributed by atoms with E-state index in [-0.39, 0.29) is 0 Å². The van der Waals surface area contributed by atoms with Crippen molar-refractivity contribution in [3.63, 3.8) is 0 Å². The first-order valence-corrected chi connectivity index (χ1v) is 5.39. The van der Waals surface area contributed by atoms with Crippen LogP contribution in [0.2, 0.25) is 0 Å². The van der Waals surface area contributed by atoms with E-state index in [1.165, 1.54) is 0 Å². The van der Waals surface area contributed by atoms with Crippen molar-refractivity contribution in [1.29, 1.82) is 5.26 Å². The minimum Gasteiger partial charge on any atom is -0.192 e. The van der Waals surface area contributed by atoms with E-state index >= 15 is 0 Å². The van der Waals surface area contributed by atoms with Crippen LogP contribution in [0.3, 0.4) is 0 Å². The van der Waals surface area contributed by atoms with E-state index in [2.05, 4.69) is 28.9 Å². The van der Waals surface area contributed by atoms with Crippen LogP contribution < -0.4 is 0 Å². The molecule has 12 heavy (non-hydrogen) atoms. The van der Waals surface area contributed by atoms with Gasteiger partial charge in [-0.15, -0.1) is 11.8 Å². The molecule has 0 radical (unpaired) electrons. The fourth-order valence-electron chi connectivity index (χ4n) is 0.888. The van der Waals surface area contributed by atoms with E-state index in [1.807, 2.05) is 18.2 Å². The lowest BCUT2D eigenvalue weighted by Crippen LogP contribution is -1.82. The number of nitriles is 1. The zero-order chi connectivity index (χ0) is 8.97. The van der Waals surface area contributed by atoms with E-state index in [4.69, 9.17) is 5.26 Å². The number of hydrogen-bond donors (Lipinski definition) is 0. The number of benzene rings is 1. The summed E-state index contributed by atoms with van der Waals surface area (Å²) in [5.41, 5.74) is 0.747. The van der Waals surface area contributed by atoms with E-state index in [9.17, 15) is 0 Å². The summed E-state index contributed by atoms with van der Waals surface area (Å²) in [7, 11) is 0. The molecule has 0 saturated carbocycles. The summed E-state index contributed by atoms with van der Waals surface area (Å²) in [5, 5.41) is 8.79. The predicted octanol–water partition coefficient (Wildman–Crippen LogP) is 3.43. The lowest BCUT2D eigenvalue weighted by Gasteiger charge is -2.03. The molecule has 0 bridgehead atoms. The maximum atomic E-state index is 8.79. The van der Waals surface area contributed by atoms with Crippen LogP contribution in [0.5, 0.6) is 0 Å². The van der Waals surface area contributed by atoms with Crippen LogP contribution in [0, 0.1) is 11.3 Å². The molecule has 0 amide bonds. The summed E-state index contributed by atoms with van der Waals surface area (Å²) in [6, 6.07) is 7.84. The third-order valence-corrected chi connectivity index (χ3v) is 3.32. The minimum atomic E-state index is 0.747. The van der Waals surface area contributed by atoms with Crippen LogP contribution in [-0.2, 0) is 0 Å². The Bertz CT molecular complexity index is 317. The monoisotopic (exact) mass is 241 g/mol. The van der Waals surface area contributed by atoms with Crippen LogP contribution in [0.1, 0.15) is 12.5 Å². The van der Waals surface area contributed by atoms with E-state index in [1.54, 1.807) is 11.8 Å². The summed E-state index contributed by atoms with van der Waals surface area (Å²) in [6.07, 6.45) is 0. The highest BCUT2D eigenvalue weighted by Gasteiger charge is 2.04. The molecule has 0 unspecified atom stereocenters. The SMILES string of the molecule is CCSc1c(Br)cccc1C#N. The van der Waals surface area contributed by atoms with Crippen molar-refractivity contribution in [1.82, 2.24) is 0 Å². The van der Waals surface area contributed by atoms with Crippen molar-refractivity contribution >= 4 is 27.7 Å². The molecule has 1 nitrogen and oxygen atoms in total. The topological polar surface area (TPSA) is 23.8 Å². The maximum Gasteiger partial charge on any atom is 0.100 e. The molecule has 0 aliphatic heterocycles. The molecule has 0 aliphatic carbocycles. The summed E-state index contributed by atoms with van der Waals surface area (Å²) in [5.74, 6) is 0.983. The Balaban J connectivity index is 3.13. The third kappa shape index (κ3) is 2.02. The van der Waals surface area contributed by atoms with Gasteiger partial charge in [-0.05, 0) is 33.8 Å². The van der Waals surface area contributed by atoms with Gasteiger partial charge in [-0.25, -0.2) is 0 Å². The average molecular weight is 242 g/mol. The fourth-order valence-corrected chi connectivity index (χ4v) is 2.36. The minimum absolute atomic E-state index is 0.747. The van der Waals surface area contributed by atoms with Crippen molar-refractivity contribution in [3.8, 4) is 6.07 Å². The van der Waals surface area contributed by atoms with Gasteiger partial charge in [-0.1, -0.05) is 13.0 Å². The van der Waals surface area contributed by atoms with Gasteiger partial charge >= 0.3 is 0 Å². The maximum absolute atomic E-state index is 8.79. The van der Waals surface area contributed by atoms with Gasteiger partial charge in [0.15, 0.2) is 0 Å². The lowest BCUT2D eigenvalue weighted by molar-refractivity contribution is 1.32. The van der Waals surface area contributed by atoms with Crippen molar-refractivity contribution < 1.29 is 0 Å². The smallest absolute Gasteiger partial charge is 0.100 e. The first kappa shape index (κ1) is 9.63. The average Bonchev–Trinajstić information content (AvgIpc) is 2.09. The summed E-state index contributed by atoms with van der Waals surface area (Å²) >= 11 is 5.10. The molecular weight excluding hydrogens is 234 g/mol. The Kier molecular flexibility index (Phi) is 3.64. The van der Waals surface area contributed by atoms with Gasteiger partial charge in [0.2, 0.25) is 0 Å². The molecule has 1 aromatic rings. The highest BCUT2D eigenvalue weighted by molar-refractivity contribution is 9.10. The van der Waals surface area contributed by atoms with Crippen molar-refractivity contribution in [2.75, 3.05) is 5.75 Å². The Morgan fingerprint density at radius 3 is 2.92 bits per heavy atom. The molecule has 0 heterocycles. The molecule has 0 aromatic heterocycles. The molecule has 3 heteroatoms. The normalized spacial score (nSPS) is 9.42. The van der Waals surface area contributed by atoms with Gasteiger partial charge in [0.25, 0.3) is 0 Å². The largest absolute Gasteiger partial charge is 0.192 e. The Labute approximate surface area is 84.9 Å². The Morgan fingerprint density at radius 2 is 2.33 bits per heavy atom. The molecule has 0 atom stereocenters. The first-order chi connectivity index (χ1) is 5.79. The summed E-state index contributed by atoms with van der Waals surface area (Å²) in [4.78, 5) is 1.04. The fraction of sp³-hybridized carbons (Fsp3) is 0.222. The van der Waals surface area contributed by atoms with Crippen LogP contribution in [-0.4, -0.2) is 5.75 Å². The van der Waals surface area contributed by atoms with Gasteiger partial charge in [0, 0.05) is 9.37 Å². The molecule has 1 aromatic carbocycles. The molecule has 0 fully saturated rings. The molecule has 1 rings (SSSR count). The molecule has 62 valence electrons. The van der Waals surface area contributed by atoms with Gasteiger partial charge in [-0.2, -0.15) is 5.26 Å².